The van der Waals surface area contributed by atoms with Gasteiger partial charge in [0, 0.05) is 97.3 Å². The summed E-state index contributed by atoms with van der Waals surface area (Å²) in [4.78, 5) is 9.93. The molecule has 370 valence electrons. The standard InChI is InChI=1S/C70H48BN3O2S2/c1-70(2,3)43-26-28-46(29-27-43)74-59-38-49(73(47-31-34-63-54(36-47)51-20-10-13-23-61(51)75-63)48-32-35-64-55(37-48)52-21-11-14-24-62(52)76-64)30-33-57(59)71-58-41-56-53-22-12-15-25-65(53)77-66(56)42-67(58)78-68-40-50(39-60(74)69(68)71)72(44-16-6-4-7-17-44)45-18-8-5-9-19-45/h4-42H,1-3H3. The van der Waals surface area contributed by atoms with Crippen molar-refractivity contribution in [3.8, 4) is 0 Å². The number of nitrogens with zero attached hydrogens (tertiary/aromatic N) is 3. The molecule has 0 bridgehead atoms. The topological polar surface area (TPSA) is 36.0 Å². The predicted molar refractivity (Wildman–Crippen MR) is 332 cm³/mol. The summed E-state index contributed by atoms with van der Waals surface area (Å²) < 4.78 is 15.5. The van der Waals surface area contributed by atoms with E-state index in [2.05, 4.69) is 260 Å². The highest BCUT2D eigenvalue weighted by Crippen LogP contribution is 2.50. The lowest BCUT2D eigenvalue weighted by molar-refractivity contribution is 0.590. The average molecular weight is 1040 g/mol. The monoisotopic (exact) mass is 1040 g/mol. The molecule has 0 aliphatic carbocycles. The summed E-state index contributed by atoms with van der Waals surface area (Å²) in [5, 5.41) is 6.93. The average Bonchev–Trinajstić information content (AvgIpc) is 4.06. The fourth-order valence-corrected chi connectivity index (χ4v) is 14.8. The predicted octanol–water partition coefficient (Wildman–Crippen LogP) is 18.9. The zero-order valence-electron chi connectivity index (χ0n) is 43.1. The Balaban J connectivity index is 0.986. The van der Waals surface area contributed by atoms with Gasteiger partial charge in [-0.2, -0.15) is 0 Å². The van der Waals surface area contributed by atoms with Crippen molar-refractivity contribution in [1.82, 2.24) is 0 Å². The minimum absolute atomic E-state index is 0.0254. The molecule has 0 saturated heterocycles. The first kappa shape index (κ1) is 45.3. The third kappa shape index (κ3) is 7.10. The molecule has 11 aromatic carbocycles. The van der Waals surface area contributed by atoms with Gasteiger partial charge in [-0.05, 0) is 149 Å². The van der Waals surface area contributed by atoms with E-state index in [1.165, 1.54) is 51.9 Å². The van der Waals surface area contributed by atoms with E-state index in [-0.39, 0.29) is 12.1 Å². The van der Waals surface area contributed by atoms with Gasteiger partial charge in [0.15, 0.2) is 0 Å². The zero-order chi connectivity index (χ0) is 51.8. The van der Waals surface area contributed by atoms with Crippen molar-refractivity contribution in [3.05, 3.63) is 242 Å². The Kier molecular flexibility index (Phi) is 10.0. The smallest absolute Gasteiger partial charge is 0.249 e. The SMILES string of the molecule is CC(C)(C)c1ccc(N2c3cc(N(c4ccc5oc6ccccc6c5c4)c4ccc5oc6ccccc6c5c4)ccc3B3c4cc5c(cc4Sc4cc(N(c6ccccc6)c6ccccc6)cc2c43)sc2ccccc25)cc1. The van der Waals surface area contributed by atoms with E-state index in [0.717, 1.165) is 95.1 Å². The highest BCUT2D eigenvalue weighted by Gasteiger charge is 2.42. The maximum atomic E-state index is 6.45. The van der Waals surface area contributed by atoms with Crippen LogP contribution in [-0.2, 0) is 5.41 Å². The van der Waals surface area contributed by atoms with Gasteiger partial charge in [-0.15, -0.1) is 11.3 Å². The second-order valence-electron chi connectivity index (χ2n) is 21.7. The summed E-state index contributed by atoms with van der Waals surface area (Å²) in [6, 6.07) is 86.8. The summed E-state index contributed by atoms with van der Waals surface area (Å²) in [5.41, 5.74) is 18.4. The third-order valence-corrected chi connectivity index (χ3v) is 18.3. The van der Waals surface area contributed by atoms with E-state index in [1.807, 2.05) is 35.2 Å². The largest absolute Gasteiger partial charge is 0.456 e. The first-order valence-electron chi connectivity index (χ1n) is 26.7. The van der Waals surface area contributed by atoms with E-state index in [0.29, 0.717) is 0 Å². The molecule has 8 heteroatoms. The molecule has 0 unspecified atom stereocenters. The lowest BCUT2D eigenvalue weighted by atomic mass is 9.34. The number of para-hydroxylation sites is 4. The van der Waals surface area contributed by atoms with Crippen molar-refractivity contribution in [2.24, 2.45) is 0 Å². The Bertz CT molecular complexity index is 4580. The molecule has 2 aliphatic rings. The number of hydrogen-bond donors (Lipinski definition) is 0. The van der Waals surface area contributed by atoms with Gasteiger partial charge in [0.2, 0.25) is 6.71 Å². The highest BCUT2D eigenvalue weighted by molar-refractivity contribution is 8.00. The Morgan fingerprint density at radius 1 is 0.385 bits per heavy atom. The van der Waals surface area contributed by atoms with Crippen molar-refractivity contribution in [2.75, 3.05) is 14.7 Å². The molecular weight excluding hydrogens is 990 g/mol. The van der Waals surface area contributed by atoms with Crippen molar-refractivity contribution in [1.29, 1.82) is 0 Å². The molecule has 0 saturated carbocycles. The van der Waals surface area contributed by atoms with Crippen LogP contribution in [-0.4, -0.2) is 6.71 Å². The molecular formula is C70H48BN3O2S2. The number of fused-ring (bicyclic) bond motifs is 13. The number of benzene rings is 11. The third-order valence-electron chi connectivity index (χ3n) is 16.0. The quantitative estimate of drug-likeness (QED) is 0.148. The van der Waals surface area contributed by atoms with Crippen LogP contribution in [0.3, 0.4) is 0 Å². The van der Waals surface area contributed by atoms with Gasteiger partial charge in [-0.1, -0.05) is 153 Å². The highest BCUT2D eigenvalue weighted by atomic mass is 32.2. The zero-order valence-corrected chi connectivity index (χ0v) is 44.7. The number of hydrogen-bond acceptors (Lipinski definition) is 7. The molecule has 5 nitrogen and oxygen atoms in total. The normalized spacial score (nSPS) is 13.0. The summed E-state index contributed by atoms with van der Waals surface area (Å²) in [6.45, 7) is 6.82. The van der Waals surface area contributed by atoms with Gasteiger partial charge in [-0.3, -0.25) is 0 Å². The molecule has 3 aromatic heterocycles. The van der Waals surface area contributed by atoms with Crippen LogP contribution in [0.25, 0.3) is 64.0 Å². The second-order valence-corrected chi connectivity index (χ2v) is 23.8. The molecule has 2 aliphatic heterocycles. The van der Waals surface area contributed by atoms with Crippen LogP contribution >= 0.6 is 23.1 Å². The molecule has 0 spiro atoms. The maximum Gasteiger partial charge on any atom is 0.249 e. The van der Waals surface area contributed by atoms with Gasteiger partial charge >= 0.3 is 0 Å². The van der Waals surface area contributed by atoms with Crippen LogP contribution in [0.1, 0.15) is 26.3 Å². The molecule has 0 radical (unpaired) electrons. The van der Waals surface area contributed by atoms with Crippen LogP contribution in [0.4, 0.5) is 51.2 Å². The van der Waals surface area contributed by atoms with Gasteiger partial charge in [0.05, 0.1) is 0 Å². The fraction of sp³-hybridized carbons (Fsp3) is 0.0571. The van der Waals surface area contributed by atoms with Crippen molar-refractivity contribution in [3.63, 3.8) is 0 Å². The minimum Gasteiger partial charge on any atom is -0.456 e. The van der Waals surface area contributed by atoms with Crippen molar-refractivity contribution < 1.29 is 8.83 Å². The van der Waals surface area contributed by atoms with Crippen molar-refractivity contribution in [2.45, 2.75) is 36.0 Å². The molecule has 0 amide bonds. The first-order valence-corrected chi connectivity index (χ1v) is 28.3. The maximum absolute atomic E-state index is 6.45. The fourth-order valence-electron chi connectivity index (χ4n) is 12.3. The summed E-state index contributed by atoms with van der Waals surface area (Å²) in [5.74, 6) is 0. The van der Waals surface area contributed by atoms with Gasteiger partial charge in [-0.25, -0.2) is 0 Å². The van der Waals surface area contributed by atoms with Gasteiger partial charge < -0.3 is 23.5 Å². The van der Waals surface area contributed by atoms with E-state index >= 15 is 0 Å². The number of anilines is 9. The number of rotatable bonds is 7. The van der Waals surface area contributed by atoms with Crippen LogP contribution in [0, 0.1) is 0 Å². The molecule has 14 aromatic rings. The first-order chi connectivity index (χ1) is 38.3. The Labute approximate surface area is 460 Å². The Morgan fingerprint density at radius 3 is 1.56 bits per heavy atom. The summed E-state index contributed by atoms with van der Waals surface area (Å²) in [7, 11) is 0. The molecule has 0 N–H and O–H groups in total. The lowest BCUT2D eigenvalue weighted by Crippen LogP contribution is -2.59. The molecule has 5 heterocycles. The van der Waals surface area contributed by atoms with Crippen LogP contribution in [0.2, 0.25) is 0 Å². The van der Waals surface area contributed by atoms with Crippen LogP contribution < -0.4 is 31.1 Å². The summed E-state index contributed by atoms with van der Waals surface area (Å²) >= 11 is 3.80. The van der Waals surface area contributed by atoms with E-state index in [9.17, 15) is 0 Å². The van der Waals surface area contributed by atoms with E-state index < -0.39 is 0 Å². The van der Waals surface area contributed by atoms with Gasteiger partial charge in [0.25, 0.3) is 0 Å². The van der Waals surface area contributed by atoms with E-state index in [1.54, 1.807) is 0 Å². The molecule has 0 fully saturated rings. The molecule has 78 heavy (non-hydrogen) atoms. The second kappa shape index (κ2) is 17.3. The molecule has 0 atom stereocenters. The lowest BCUT2D eigenvalue weighted by Gasteiger charge is -2.42. The van der Waals surface area contributed by atoms with Gasteiger partial charge in [0.1, 0.15) is 22.3 Å². The number of thiophene rings is 1. The van der Waals surface area contributed by atoms with Crippen LogP contribution in [0.5, 0.6) is 0 Å². The Hall–Kier alpha value is -8.95. The minimum atomic E-state index is -0.0600. The number of furan rings is 2. The van der Waals surface area contributed by atoms with E-state index in [4.69, 9.17) is 8.83 Å². The van der Waals surface area contributed by atoms with Crippen LogP contribution in [0.15, 0.2) is 255 Å². The Morgan fingerprint density at radius 2 is 0.923 bits per heavy atom. The van der Waals surface area contributed by atoms with Crippen molar-refractivity contribution >= 4 is 161 Å². The summed E-state index contributed by atoms with van der Waals surface area (Å²) in [6.07, 6.45) is 0. The molecule has 16 rings (SSSR count).